The molecule has 1 aliphatic rings. The van der Waals surface area contributed by atoms with Gasteiger partial charge in [-0.15, -0.1) is 0 Å². The molecule has 1 aliphatic carbocycles. The monoisotopic (exact) mass is 363 g/mol. The third-order valence-electron chi connectivity index (χ3n) is 5.36. The highest BCUT2D eigenvalue weighted by atomic mass is 16.5. The normalized spacial score (nSPS) is 15.4. The Morgan fingerprint density at radius 2 is 1.63 bits per heavy atom. The van der Waals surface area contributed by atoms with Gasteiger partial charge in [0.2, 0.25) is 0 Å². The van der Waals surface area contributed by atoms with Gasteiger partial charge in [-0.1, -0.05) is 64.3 Å². The van der Waals surface area contributed by atoms with Crippen LogP contribution in [0.5, 0.6) is 5.75 Å². The number of ether oxygens (including phenoxy) is 1. The lowest BCUT2D eigenvalue weighted by Gasteiger charge is -2.26. The molecule has 1 fully saturated rings. The van der Waals surface area contributed by atoms with Crippen molar-refractivity contribution in [3.05, 3.63) is 65.2 Å². The molecule has 0 aliphatic heterocycles. The SMILES string of the molecule is CC(C)(C)c1ccc(C(=O)Oc2ccccc2)c(C(=N)C2CCCCC2)c1. The molecular formula is C24H29NO2. The molecule has 0 unspecified atom stereocenters. The fourth-order valence-corrected chi connectivity index (χ4v) is 3.67. The van der Waals surface area contributed by atoms with Crippen molar-refractivity contribution in [3.63, 3.8) is 0 Å². The van der Waals surface area contributed by atoms with Gasteiger partial charge in [0, 0.05) is 17.2 Å². The first kappa shape index (κ1) is 19.3. The molecule has 0 radical (unpaired) electrons. The smallest absolute Gasteiger partial charge is 0.344 e. The first-order valence-corrected chi connectivity index (χ1v) is 9.87. The number of rotatable bonds is 4. The zero-order valence-electron chi connectivity index (χ0n) is 16.5. The summed E-state index contributed by atoms with van der Waals surface area (Å²) >= 11 is 0. The first-order valence-electron chi connectivity index (χ1n) is 9.87. The standard InChI is InChI=1S/C24H29NO2/c1-24(2,3)18-14-15-20(23(26)27-19-12-8-5-9-13-19)21(16-18)22(25)17-10-6-4-7-11-17/h5,8-9,12-17,25H,4,6-7,10-11H2,1-3H3. The topological polar surface area (TPSA) is 50.2 Å². The van der Waals surface area contributed by atoms with Crippen LogP contribution in [-0.2, 0) is 5.41 Å². The quantitative estimate of drug-likeness (QED) is 0.402. The van der Waals surface area contributed by atoms with Crippen LogP contribution in [0.25, 0.3) is 0 Å². The van der Waals surface area contributed by atoms with Crippen LogP contribution in [0.1, 0.15) is 74.4 Å². The minimum Gasteiger partial charge on any atom is -0.423 e. The molecule has 3 rings (SSSR count). The van der Waals surface area contributed by atoms with Crippen molar-refractivity contribution < 1.29 is 9.53 Å². The predicted octanol–water partition coefficient (Wildman–Crippen LogP) is 6.15. The maximum absolute atomic E-state index is 12.9. The molecule has 0 spiro atoms. The number of carbonyl (C=O) groups excluding carboxylic acids is 1. The highest BCUT2D eigenvalue weighted by Crippen LogP contribution is 2.31. The van der Waals surface area contributed by atoms with Crippen LogP contribution in [0.3, 0.4) is 0 Å². The van der Waals surface area contributed by atoms with Gasteiger partial charge >= 0.3 is 5.97 Å². The average Bonchev–Trinajstić information content (AvgIpc) is 2.67. The van der Waals surface area contributed by atoms with Crippen LogP contribution in [0.2, 0.25) is 0 Å². The minimum atomic E-state index is -0.391. The summed E-state index contributed by atoms with van der Waals surface area (Å²) < 4.78 is 5.57. The summed E-state index contributed by atoms with van der Waals surface area (Å²) in [6.07, 6.45) is 5.64. The van der Waals surface area contributed by atoms with Gasteiger partial charge in [-0.2, -0.15) is 0 Å². The molecule has 1 N–H and O–H groups in total. The summed E-state index contributed by atoms with van der Waals surface area (Å²) in [6, 6.07) is 15.0. The molecule has 0 heterocycles. The molecule has 0 saturated heterocycles. The van der Waals surface area contributed by atoms with Crippen molar-refractivity contribution >= 4 is 11.7 Å². The molecule has 0 atom stereocenters. The minimum absolute atomic E-state index is 0.0382. The van der Waals surface area contributed by atoms with Crippen molar-refractivity contribution in [2.75, 3.05) is 0 Å². The van der Waals surface area contributed by atoms with Gasteiger partial charge < -0.3 is 10.1 Å². The third-order valence-corrected chi connectivity index (χ3v) is 5.36. The van der Waals surface area contributed by atoms with Crippen molar-refractivity contribution in [3.8, 4) is 5.75 Å². The van der Waals surface area contributed by atoms with Gasteiger partial charge in [0.15, 0.2) is 0 Å². The number of esters is 1. The maximum atomic E-state index is 12.9. The van der Waals surface area contributed by atoms with E-state index in [0.29, 0.717) is 17.0 Å². The Kier molecular flexibility index (Phi) is 5.79. The van der Waals surface area contributed by atoms with Crippen LogP contribution in [0, 0.1) is 11.3 Å². The summed E-state index contributed by atoms with van der Waals surface area (Å²) in [4.78, 5) is 12.9. The highest BCUT2D eigenvalue weighted by molar-refractivity contribution is 6.09. The number of hydrogen-bond donors (Lipinski definition) is 1. The molecule has 2 aromatic carbocycles. The van der Waals surface area contributed by atoms with Gasteiger partial charge in [-0.3, -0.25) is 0 Å². The average molecular weight is 364 g/mol. The zero-order chi connectivity index (χ0) is 19.4. The second-order valence-electron chi connectivity index (χ2n) is 8.46. The lowest BCUT2D eigenvalue weighted by Crippen LogP contribution is -2.23. The summed E-state index contributed by atoms with van der Waals surface area (Å²) in [5.74, 6) is 0.368. The zero-order valence-corrected chi connectivity index (χ0v) is 16.5. The van der Waals surface area contributed by atoms with Crippen molar-refractivity contribution in [1.82, 2.24) is 0 Å². The van der Waals surface area contributed by atoms with E-state index in [9.17, 15) is 4.79 Å². The number of benzene rings is 2. The summed E-state index contributed by atoms with van der Waals surface area (Å²) in [7, 11) is 0. The van der Waals surface area contributed by atoms with Gasteiger partial charge in [0.1, 0.15) is 5.75 Å². The Morgan fingerprint density at radius 1 is 0.963 bits per heavy atom. The van der Waals surface area contributed by atoms with E-state index in [0.717, 1.165) is 36.8 Å². The Morgan fingerprint density at radius 3 is 2.26 bits per heavy atom. The Bertz CT molecular complexity index is 812. The molecule has 0 amide bonds. The van der Waals surface area contributed by atoms with Crippen LogP contribution >= 0.6 is 0 Å². The predicted molar refractivity (Wildman–Crippen MR) is 110 cm³/mol. The van der Waals surface area contributed by atoms with E-state index < -0.39 is 5.97 Å². The third kappa shape index (κ3) is 4.65. The Balaban J connectivity index is 1.96. The molecule has 27 heavy (non-hydrogen) atoms. The Hall–Kier alpha value is -2.42. The molecule has 2 aromatic rings. The second kappa shape index (κ2) is 8.08. The maximum Gasteiger partial charge on any atom is 0.344 e. The van der Waals surface area contributed by atoms with Crippen molar-refractivity contribution in [1.29, 1.82) is 5.41 Å². The van der Waals surface area contributed by atoms with E-state index in [1.165, 1.54) is 6.42 Å². The molecule has 3 nitrogen and oxygen atoms in total. The van der Waals surface area contributed by atoms with Gasteiger partial charge in [0.25, 0.3) is 0 Å². The van der Waals surface area contributed by atoms with Crippen LogP contribution in [-0.4, -0.2) is 11.7 Å². The van der Waals surface area contributed by atoms with Crippen molar-refractivity contribution in [2.24, 2.45) is 5.92 Å². The number of carbonyl (C=O) groups is 1. The number of para-hydroxylation sites is 1. The summed E-state index contributed by atoms with van der Waals surface area (Å²) in [5.41, 5.74) is 2.90. The van der Waals surface area contributed by atoms with Crippen LogP contribution in [0.15, 0.2) is 48.5 Å². The van der Waals surface area contributed by atoms with E-state index >= 15 is 0 Å². The largest absolute Gasteiger partial charge is 0.423 e. The van der Waals surface area contributed by atoms with Crippen molar-refractivity contribution in [2.45, 2.75) is 58.3 Å². The molecule has 142 valence electrons. The second-order valence-corrected chi connectivity index (χ2v) is 8.46. The molecule has 0 aromatic heterocycles. The van der Waals surface area contributed by atoms with E-state index in [2.05, 4.69) is 20.8 Å². The van der Waals surface area contributed by atoms with Gasteiger partial charge in [-0.05, 0) is 48.1 Å². The molecular weight excluding hydrogens is 334 g/mol. The molecule has 3 heteroatoms. The van der Waals surface area contributed by atoms with Crippen LogP contribution < -0.4 is 4.74 Å². The van der Waals surface area contributed by atoms with E-state index in [-0.39, 0.29) is 11.3 Å². The molecule has 0 bridgehead atoms. The molecule has 1 saturated carbocycles. The van der Waals surface area contributed by atoms with Gasteiger partial charge in [-0.25, -0.2) is 4.79 Å². The summed E-state index contributed by atoms with van der Waals surface area (Å²) in [6.45, 7) is 6.45. The van der Waals surface area contributed by atoms with Crippen LogP contribution in [0.4, 0.5) is 0 Å². The fourth-order valence-electron chi connectivity index (χ4n) is 3.67. The highest BCUT2D eigenvalue weighted by Gasteiger charge is 2.26. The van der Waals surface area contributed by atoms with E-state index in [4.69, 9.17) is 10.1 Å². The summed E-state index contributed by atoms with van der Waals surface area (Å²) in [5, 5.41) is 8.83. The van der Waals surface area contributed by atoms with E-state index in [1.54, 1.807) is 12.1 Å². The number of nitrogens with one attached hydrogen (secondary N) is 1. The Labute approximate surface area is 162 Å². The lowest BCUT2D eigenvalue weighted by molar-refractivity contribution is 0.0734. The fraction of sp³-hybridized carbons (Fsp3) is 0.417. The lowest BCUT2D eigenvalue weighted by atomic mass is 9.79. The first-order chi connectivity index (χ1) is 12.9. The van der Waals surface area contributed by atoms with E-state index in [1.807, 2.05) is 36.4 Å². The number of hydrogen-bond acceptors (Lipinski definition) is 3. The van der Waals surface area contributed by atoms with Gasteiger partial charge in [0.05, 0.1) is 5.56 Å².